The summed E-state index contributed by atoms with van der Waals surface area (Å²) in [5.74, 6) is 1.72. The van der Waals surface area contributed by atoms with Crippen molar-refractivity contribution in [2.45, 2.75) is 0 Å². The molecule has 11 rings (SSSR count). The van der Waals surface area contributed by atoms with Crippen LogP contribution in [0.2, 0.25) is 0 Å². The second kappa shape index (κ2) is 15.1. The predicted octanol–water partition coefficient (Wildman–Crippen LogP) is 16.4. The highest BCUT2D eigenvalue weighted by atomic mass is 16.5. The van der Waals surface area contributed by atoms with Gasteiger partial charge in [-0.05, 0) is 104 Å². The molecular formula is C58H39NO. The van der Waals surface area contributed by atoms with Crippen LogP contribution in [0.15, 0.2) is 237 Å². The Hall–Kier alpha value is -7.94. The molecule has 0 fully saturated rings. The molecule has 0 spiro atoms. The molecule has 10 aromatic rings. The summed E-state index contributed by atoms with van der Waals surface area (Å²) in [6.07, 6.45) is 0. The van der Waals surface area contributed by atoms with E-state index in [0.29, 0.717) is 0 Å². The zero-order chi connectivity index (χ0) is 39.8. The highest BCUT2D eigenvalue weighted by Gasteiger charge is 2.26. The Kier molecular flexibility index (Phi) is 8.87. The van der Waals surface area contributed by atoms with Crippen molar-refractivity contribution in [2.24, 2.45) is 0 Å². The summed E-state index contributed by atoms with van der Waals surface area (Å²) in [5.41, 5.74) is 16.8. The Morgan fingerprint density at radius 3 is 0.967 bits per heavy atom. The van der Waals surface area contributed by atoms with Crippen LogP contribution in [-0.2, 0) is 0 Å². The molecule has 10 aromatic carbocycles. The quantitative estimate of drug-likeness (QED) is 0.160. The van der Waals surface area contributed by atoms with Gasteiger partial charge in [-0.15, -0.1) is 0 Å². The highest BCUT2D eigenvalue weighted by Crippen LogP contribution is 2.53. The number of para-hydroxylation sites is 2. The van der Waals surface area contributed by atoms with E-state index in [1.807, 2.05) is 0 Å². The lowest BCUT2D eigenvalue weighted by atomic mass is 9.89. The van der Waals surface area contributed by atoms with Crippen molar-refractivity contribution in [1.29, 1.82) is 0 Å². The number of fused-ring (bicyclic) bond motifs is 6. The van der Waals surface area contributed by atoms with Crippen molar-refractivity contribution in [3.05, 3.63) is 237 Å². The van der Waals surface area contributed by atoms with Gasteiger partial charge in [-0.25, -0.2) is 0 Å². The van der Waals surface area contributed by atoms with Crippen LogP contribution >= 0.6 is 0 Å². The Labute approximate surface area is 350 Å². The summed E-state index contributed by atoms with van der Waals surface area (Å²) < 4.78 is 7.28. The largest absolute Gasteiger partial charge is 0.455 e. The monoisotopic (exact) mass is 765 g/mol. The smallest absolute Gasteiger partial charge is 0.143 e. The van der Waals surface area contributed by atoms with E-state index < -0.39 is 0 Å². The van der Waals surface area contributed by atoms with Crippen molar-refractivity contribution in [3.8, 4) is 78.3 Å². The third-order valence-corrected chi connectivity index (χ3v) is 11.7. The summed E-state index contributed by atoms with van der Waals surface area (Å²) in [6.45, 7) is 0. The number of anilines is 3. The molecular weight excluding hydrogens is 727 g/mol. The van der Waals surface area contributed by atoms with Crippen LogP contribution in [0.3, 0.4) is 0 Å². The zero-order valence-electron chi connectivity index (χ0n) is 32.9. The Morgan fingerprint density at radius 1 is 0.233 bits per heavy atom. The molecule has 0 N–H and O–H groups in total. The first kappa shape index (κ1) is 35.2. The van der Waals surface area contributed by atoms with Gasteiger partial charge in [0.15, 0.2) is 0 Å². The second-order valence-electron chi connectivity index (χ2n) is 15.3. The summed E-state index contributed by atoms with van der Waals surface area (Å²) >= 11 is 0. The lowest BCUT2D eigenvalue weighted by Crippen LogP contribution is -2.09. The van der Waals surface area contributed by atoms with Gasteiger partial charge in [0, 0.05) is 39.3 Å². The number of ether oxygens (including phenoxy) is 1. The van der Waals surface area contributed by atoms with E-state index in [9.17, 15) is 0 Å². The topological polar surface area (TPSA) is 12.5 Å². The maximum Gasteiger partial charge on any atom is 0.143 e. The van der Waals surface area contributed by atoms with E-state index in [4.69, 9.17) is 4.74 Å². The molecule has 0 bridgehead atoms. The predicted molar refractivity (Wildman–Crippen MR) is 251 cm³/mol. The van der Waals surface area contributed by atoms with Gasteiger partial charge < -0.3 is 9.64 Å². The van der Waals surface area contributed by atoms with Crippen LogP contribution in [0.5, 0.6) is 11.5 Å². The molecule has 0 aromatic heterocycles. The third-order valence-electron chi connectivity index (χ3n) is 11.7. The number of rotatable bonds is 7. The molecule has 0 unspecified atom stereocenters. The van der Waals surface area contributed by atoms with E-state index in [0.717, 1.165) is 67.5 Å². The minimum absolute atomic E-state index is 0.855. The van der Waals surface area contributed by atoms with Crippen LogP contribution < -0.4 is 9.64 Å². The molecule has 0 atom stereocenters. The SMILES string of the molecule is c1ccc(-c2ccc(N(c3ccc(-c4ccccc4)cc3)c3ccc(-c4cccc5c4Oc4c(-c6ccccc6)cccc4-c4cc6ccccc6cc4-5)cc3)cc2)cc1. The summed E-state index contributed by atoms with van der Waals surface area (Å²) in [7, 11) is 0. The van der Waals surface area contributed by atoms with Gasteiger partial charge in [-0.1, -0.05) is 188 Å². The Balaban J connectivity index is 1.03. The molecule has 1 heterocycles. The van der Waals surface area contributed by atoms with Crippen LogP contribution in [-0.4, -0.2) is 0 Å². The van der Waals surface area contributed by atoms with Crippen LogP contribution in [0.25, 0.3) is 77.5 Å². The second-order valence-corrected chi connectivity index (χ2v) is 15.3. The fourth-order valence-corrected chi connectivity index (χ4v) is 8.68. The van der Waals surface area contributed by atoms with Crippen molar-refractivity contribution in [3.63, 3.8) is 0 Å². The van der Waals surface area contributed by atoms with Gasteiger partial charge in [-0.2, -0.15) is 0 Å². The first-order valence-corrected chi connectivity index (χ1v) is 20.5. The van der Waals surface area contributed by atoms with E-state index in [1.54, 1.807) is 0 Å². The maximum absolute atomic E-state index is 7.28. The standard InChI is InChI=1S/C58H39NO/c1-4-14-40(15-5-1)42-26-32-48(33-27-42)59(49-34-28-43(29-35-49)41-16-6-2-7-17-41)50-36-30-45(31-37-50)52-23-13-25-54-56-39-47-21-11-10-20-46(47)38-55(56)53-24-12-22-51(57(53)60-58(52)54)44-18-8-3-9-19-44/h1-39H. The van der Waals surface area contributed by atoms with Gasteiger partial charge in [0.25, 0.3) is 0 Å². The molecule has 0 aliphatic carbocycles. The number of nitrogens with zero attached hydrogens (tertiary/aromatic N) is 1. The van der Waals surface area contributed by atoms with Gasteiger partial charge >= 0.3 is 0 Å². The summed E-state index contributed by atoms with van der Waals surface area (Å²) in [4.78, 5) is 2.33. The van der Waals surface area contributed by atoms with Crippen molar-refractivity contribution < 1.29 is 4.74 Å². The molecule has 0 amide bonds. The molecule has 0 saturated heterocycles. The molecule has 0 radical (unpaired) electrons. The van der Waals surface area contributed by atoms with Crippen molar-refractivity contribution in [1.82, 2.24) is 0 Å². The summed E-state index contributed by atoms with van der Waals surface area (Å²) in [6, 6.07) is 84.6. The highest BCUT2D eigenvalue weighted by molar-refractivity contribution is 6.02. The molecule has 1 aliphatic rings. The van der Waals surface area contributed by atoms with Crippen LogP contribution in [0, 0.1) is 0 Å². The molecule has 2 heteroatoms. The zero-order valence-corrected chi connectivity index (χ0v) is 32.9. The van der Waals surface area contributed by atoms with Crippen LogP contribution in [0.1, 0.15) is 0 Å². The summed E-state index contributed by atoms with van der Waals surface area (Å²) in [5, 5.41) is 2.41. The van der Waals surface area contributed by atoms with E-state index in [1.165, 1.54) is 38.6 Å². The van der Waals surface area contributed by atoms with E-state index in [2.05, 4.69) is 241 Å². The number of hydrogen-bond acceptors (Lipinski definition) is 2. The molecule has 282 valence electrons. The molecule has 1 aliphatic heterocycles. The molecule has 0 saturated carbocycles. The van der Waals surface area contributed by atoms with Crippen LogP contribution in [0.4, 0.5) is 17.1 Å². The minimum atomic E-state index is 0.855. The van der Waals surface area contributed by atoms with Crippen molar-refractivity contribution >= 4 is 27.8 Å². The number of benzene rings is 10. The average molecular weight is 766 g/mol. The normalized spacial score (nSPS) is 11.5. The fourth-order valence-electron chi connectivity index (χ4n) is 8.68. The lowest BCUT2D eigenvalue weighted by Gasteiger charge is -2.26. The number of hydrogen-bond donors (Lipinski definition) is 0. The average Bonchev–Trinajstić information content (AvgIpc) is 3.46. The molecule has 2 nitrogen and oxygen atoms in total. The van der Waals surface area contributed by atoms with E-state index in [-0.39, 0.29) is 0 Å². The van der Waals surface area contributed by atoms with Gasteiger partial charge in [0.2, 0.25) is 0 Å². The lowest BCUT2D eigenvalue weighted by molar-refractivity contribution is 0.491. The van der Waals surface area contributed by atoms with Crippen molar-refractivity contribution in [2.75, 3.05) is 4.90 Å². The Bertz CT molecular complexity index is 3040. The van der Waals surface area contributed by atoms with Gasteiger partial charge in [-0.3, -0.25) is 0 Å². The fraction of sp³-hybridized carbons (Fsp3) is 0. The van der Waals surface area contributed by atoms with Gasteiger partial charge in [0.1, 0.15) is 11.5 Å². The first-order chi connectivity index (χ1) is 29.7. The van der Waals surface area contributed by atoms with Gasteiger partial charge in [0.05, 0.1) is 0 Å². The third kappa shape index (κ3) is 6.41. The van der Waals surface area contributed by atoms with E-state index >= 15 is 0 Å². The molecule has 60 heavy (non-hydrogen) atoms. The minimum Gasteiger partial charge on any atom is -0.455 e. The maximum atomic E-state index is 7.28. The Morgan fingerprint density at radius 2 is 0.550 bits per heavy atom. The first-order valence-electron chi connectivity index (χ1n) is 20.5.